The largest absolute Gasteiger partial charge is 0.506 e. The summed E-state index contributed by atoms with van der Waals surface area (Å²) in [6, 6.07) is 10.5. The molecule has 0 atom stereocenters. The van der Waals surface area contributed by atoms with E-state index in [9.17, 15) is 9.90 Å². The van der Waals surface area contributed by atoms with Crippen LogP contribution in [-0.2, 0) is 6.54 Å². The third-order valence-corrected chi connectivity index (χ3v) is 3.32. The number of aliphatic hydroxyl groups is 1. The second kappa shape index (κ2) is 5.34. The lowest BCUT2D eigenvalue weighted by molar-refractivity contribution is 0.325. The van der Waals surface area contributed by atoms with Gasteiger partial charge in [0.1, 0.15) is 18.2 Å². The number of aliphatic hydroxyl groups excluding tert-OH is 1. The number of hydrogen-bond acceptors (Lipinski definition) is 4. The molecule has 108 valence electrons. The maximum atomic E-state index is 12.2. The van der Waals surface area contributed by atoms with Crippen molar-refractivity contribution in [2.75, 3.05) is 12.0 Å². The zero-order valence-corrected chi connectivity index (χ0v) is 11.2. The molecule has 0 fully saturated rings. The minimum Gasteiger partial charge on any atom is -0.506 e. The number of aromatic amines is 1. The molecule has 0 aliphatic carbocycles. The number of fused-ring (bicyclic) bond motifs is 1. The molecular weight excluding hydrogens is 270 g/mol. The number of pyridine rings is 1. The van der Waals surface area contributed by atoms with Crippen molar-refractivity contribution in [3.8, 4) is 5.75 Å². The summed E-state index contributed by atoms with van der Waals surface area (Å²) < 4.78 is 1.53. The number of rotatable bonds is 4. The molecule has 6 heteroatoms. The van der Waals surface area contributed by atoms with Gasteiger partial charge in [0, 0.05) is 17.3 Å². The van der Waals surface area contributed by atoms with Crippen LogP contribution in [0, 0.1) is 0 Å². The van der Waals surface area contributed by atoms with E-state index in [-0.39, 0.29) is 18.0 Å². The Morgan fingerprint density at radius 3 is 2.86 bits per heavy atom. The van der Waals surface area contributed by atoms with E-state index in [1.165, 1.54) is 4.57 Å². The highest BCUT2D eigenvalue weighted by Gasteiger charge is 2.07. The monoisotopic (exact) mass is 285 g/mol. The van der Waals surface area contributed by atoms with Crippen LogP contribution in [0.2, 0.25) is 0 Å². The van der Waals surface area contributed by atoms with Crippen LogP contribution in [0.5, 0.6) is 5.75 Å². The summed E-state index contributed by atoms with van der Waals surface area (Å²) in [7, 11) is 0. The molecule has 6 nitrogen and oxygen atoms in total. The topological polar surface area (TPSA) is 90.3 Å². The Kier molecular flexibility index (Phi) is 3.37. The Bertz CT molecular complexity index is 836. The summed E-state index contributed by atoms with van der Waals surface area (Å²) in [5.41, 5.74) is 1.60. The van der Waals surface area contributed by atoms with E-state index in [2.05, 4.69) is 10.3 Å². The van der Waals surface area contributed by atoms with Crippen molar-refractivity contribution in [2.24, 2.45) is 0 Å². The standard InChI is InChI=1S/C15H15N3O3/c19-9-16-12-4-2-6-18(15(12)21)8-11-7-10-3-1-5-13(20)14(10)17-11/h1-7,16-17,19-20H,8-9H2. The van der Waals surface area contributed by atoms with E-state index >= 15 is 0 Å². The Morgan fingerprint density at radius 1 is 1.24 bits per heavy atom. The molecule has 3 rings (SSSR count). The van der Waals surface area contributed by atoms with E-state index in [0.717, 1.165) is 11.1 Å². The minimum atomic E-state index is -0.292. The Balaban J connectivity index is 1.97. The zero-order valence-electron chi connectivity index (χ0n) is 11.2. The molecule has 0 spiro atoms. The number of para-hydroxylation sites is 1. The van der Waals surface area contributed by atoms with Crippen LogP contribution in [0.15, 0.2) is 47.4 Å². The Morgan fingerprint density at radius 2 is 2.10 bits per heavy atom. The van der Waals surface area contributed by atoms with E-state index < -0.39 is 0 Å². The second-order valence-electron chi connectivity index (χ2n) is 4.73. The molecule has 4 N–H and O–H groups in total. The molecule has 0 aliphatic heterocycles. The molecule has 21 heavy (non-hydrogen) atoms. The first kappa shape index (κ1) is 13.3. The fraction of sp³-hybridized carbons (Fsp3) is 0.133. The van der Waals surface area contributed by atoms with Gasteiger partial charge in [0.25, 0.3) is 5.56 Å². The van der Waals surface area contributed by atoms with Gasteiger partial charge in [-0.15, -0.1) is 0 Å². The highest BCUT2D eigenvalue weighted by molar-refractivity contribution is 5.85. The number of phenols is 1. The predicted octanol–water partition coefficient (Wildman–Crippen LogP) is 1.45. The zero-order chi connectivity index (χ0) is 14.8. The van der Waals surface area contributed by atoms with E-state index in [0.29, 0.717) is 17.7 Å². The number of aromatic nitrogens is 2. The summed E-state index contributed by atoms with van der Waals surface area (Å²) >= 11 is 0. The number of nitrogens with one attached hydrogen (secondary N) is 2. The maximum absolute atomic E-state index is 12.2. The first-order chi connectivity index (χ1) is 10.2. The number of phenolic OH excluding ortho intramolecular Hbond substituents is 1. The van der Waals surface area contributed by atoms with Gasteiger partial charge in [0.15, 0.2) is 0 Å². The van der Waals surface area contributed by atoms with Crippen LogP contribution in [0.1, 0.15) is 5.69 Å². The van der Waals surface area contributed by atoms with Gasteiger partial charge in [0.2, 0.25) is 0 Å². The molecular formula is C15H15N3O3. The van der Waals surface area contributed by atoms with Crippen molar-refractivity contribution >= 4 is 16.6 Å². The molecule has 0 saturated carbocycles. The number of nitrogens with zero attached hydrogens (tertiary/aromatic N) is 1. The van der Waals surface area contributed by atoms with Crippen molar-refractivity contribution in [2.45, 2.75) is 6.54 Å². The van der Waals surface area contributed by atoms with Crippen molar-refractivity contribution in [3.05, 3.63) is 58.6 Å². The smallest absolute Gasteiger partial charge is 0.274 e. The van der Waals surface area contributed by atoms with Crippen LogP contribution >= 0.6 is 0 Å². The fourth-order valence-electron chi connectivity index (χ4n) is 2.35. The SMILES string of the molecule is O=c1c(NCO)cccn1Cc1cc2cccc(O)c2[nH]1. The van der Waals surface area contributed by atoms with Crippen molar-refractivity contribution in [3.63, 3.8) is 0 Å². The first-order valence-corrected chi connectivity index (χ1v) is 6.53. The number of benzene rings is 1. The minimum absolute atomic E-state index is 0.182. The molecule has 1 aromatic carbocycles. The summed E-state index contributed by atoms with van der Waals surface area (Å²) in [5.74, 6) is 0.182. The number of hydrogen-bond donors (Lipinski definition) is 4. The molecule has 0 bridgehead atoms. The lowest BCUT2D eigenvalue weighted by Crippen LogP contribution is -2.23. The average molecular weight is 285 g/mol. The molecule has 3 aromatic rings. The highest BCUT2D eigenvalue weighted by Crippen LogP contribution is 2.24. The third kappa shape index (κ3) is 2.48. The van der Waals surface area contributed by atoms with Gasteiger partial charge in [-0.2, -0.15) is 0 Å². The highest BCUT2D eigenvalue weighted by atomic mass is 16.3. The predicted molar refractivity (Wildman–Crippen MR) is 80.5 cm³/mol. The molecule has 0 aliphatic rings. The average Bonchev–Trinajstić information content (AvgIpc) is 2.88. The molecule has 0 radical (unpaired) electrons. The molecule has 2 heterocycles. The number of H-pyrrole nitrogens is 1. The lowest BCUT2D eigenvalue weighted by Gasteiger charge is -2.07. The van der Waals surface area contributed by atoms with Gasteiger partial charge in [-0.1, -0.05) is 12.1 Å². The van der Waals surface area contributed by atoms with Gasteiger partial charge >= 0.3 is 0 Å². The van der Waals surface area contributed by atoms with Gasteiger partial charge in [-0.25, -0.2) is 0 Å². The Labute approximate surface area is 120 Å². The van der Waals surface area contributed by atoms with Crippen LogP contribution in [0.3, 0.4) is 0 Å². The lowest BCUT2D eigenvalue weighted by atomic mass is 10.2. The van der Waals surface area contributed by atoms with Crippen LogP contribution < -0.4 is 10.9 Å². The normalized spacial score (nSPS) is 10.9. The van der Waals surface area contributed by atoms with Gasteiger partial charge < -0.3 is 25.1 Å². The molecule has 0 unspecified atom stereocenters. The van der Waals surface area contributed by atoms with Crippen molar-refractivity contribution < 1.29 is 10.2 Å². The fourth-order valence-corrected chi connectivity index (χ4v) is 2.35. The van der Waals surface area contributed by atoms with E-state index in [4.69, 9.17) is 5.11 Å². The summed E-state index contributed by atoms with van der Waals surface area (Å²) in [6.45, 7) is 0.0629. The van der Waals surface area contributed by atoms with Crippen LogP contribution in [0.25, 0.3) is 10.9 Å². The van der Waals surface area contributed by atoms with E-state index in [1.807, 2.05) is 12.1 Å². The summed E-state index contributed by atoms with van der Waals surface area (Å²) in [4.78, 5) is 15.3. The number of anilines is 1. The van der Waals surface area contributed by atoms with Gasteiger partial charge in [0.05, 0.1) is 12.1 Å². The maximum Gasteiger partial charge on any atom is 0.274 e. The summed E-state index contributed by atoms with van der Waals surface area (Å²) in [5, 5.41) is 22.1. The first-order valence-electron chi connectivity index (χ1n) is 6.53. The van der Waals surface area contributed by atoms with Gasteiger partial charge in [-0.3, -0.25) is 4.79 Å². The van der Waals surface area contributed by atoms with E-state index in [1.54, 1.807) is 30.5 Å². The van der Waals surface area contributed by atoms with Crippen molar-refractivity contribution in [1.29, 1.82) is 0 Å². The summed E-state index contributed by atoms with van der Waals surface area (Å²) in [6.07, 6.45) is 1.68. The molecule has 0 amide bonds. The number of aromatic hydroxyl groups is 1. The third-order valence-electron chi connectivity index (χ3n) is 3.32. The van der Waals surface area contributed by atoms with Crippen LogP contribution in [0.4, 0.5) is 5.69 Å². The Hall–Kier alpha value is -2.73. The quantitative estimate of drug-likeness (QED) is 0.546. The van der Waals surface area contributed by atoms with Crippen molar-refractivity contribution in [1.82, 2.24) is 9.55 Å². The molecule has 2 aromatic heterocycles. The van der Waals surface area contributed by atoms with Gasteiger partial charge in [-0.05, 0) is 24.3 Å². The van der Waals surface area contributed by atoms with Crippen LogP contribution in [-0.4, -0.2) is 26.5 Å². The second-order valence-corrected chi connectivity index (χ2v) is 4.73. The molecule has 0 saturated heterocycles.